The molecule has 2 heterocycles. The standard InChI is InChI=1S/C17H22ClN3O/c18-17-10-16(4-3-15(17)11-19)21-5-1-2-14(13-21)12-20-6-8-22-9-7-20/h3-4,10,14H,1-2,5-9,12-13H2. The normalized spacial score (nSPS) is 23.3. The molecule has 5 heteroatoms. The average Bonchev–Trinajstić information content (AvgIpc) is 2.56. The Morgan fingerprint density at radius 1 is 1.27 bits per heavy atom. The quantitative estimate of drug-likeness (QED) is 0.859. The number of hydrogen-bond donors (Lipinski definition) is 0. The summed E-state index contributed by atoms with van der Waals surface area (Å²) in [4.78, 5) is 4.92. The van der Waals surface area contributed by atoms with E-state index in [0.29, 0.717) is 16.5 Å². The summed E-state index contributed by atoms with van der Waals surface area (Å²) in [7, 11) is 0. The Morgan fingerprint density at radius 2 is 2.09 bits per heavy atom. The van der Waals surface area contributed by atoms with Crippen LogP contribution < -0.4 is 4.90 Å². The monoisotopic (exact) mass is 319 g/mol. The Hall–Kier alpha value is -1.28. The molecule has 0 spiro atoms. The van der Waals surface area contributed by atoms with Crippen LogP contribution in [0.5, 0.6) is 0 Å². The van der Waals surface area contributed by atoms with Crippen molar-refractivity contribution >= 4 is 17.3 Å². The first-order valence-corrected chi connectivity index (χ1v) is 8.39. The van der Waals surface area contributed by atoms with Gasteiger partial charge in [-0.1, -0.05) is 11.6 Å². The number of benzene rings is 1. The minimum absolute atomic E-state index is 0.548. The fraction of sp³-hybridized carbons (Fsp3) is 0.588. The Bertz CT molecular complexity index is 551. The number of nitrogens with zero attached hydrogens (tertiary/aromatic N) is 3. The smallest absolute Gasteiger partial charge is 0.101 e. The summed E-state index contributed by atoms with van der Waals surface area (Å²) in [6.07, 6.45) is 2.50. The molecule has 118 valence electrons. The highest BCUT2D eigenvalue weighted by atomic mass is 35.5. The Morgan fingerprint density at radius 3 is 2.82 bits per heavy atom. The maximum atomic E-state index is 8.98. The van der Waals surface area contributed by atoms with Gasteiger partial charge in [0, 0.05) is 38.4 Å². The maximum absolute atomic E-state index is 8.98. The van der Waals surface area contributed by atoms with Crippen molar-refractivity contribution in [2.45, 2.75) is 12.8 Å². The van der Waals surface area contributed by atoms with Gasteiger partial charge in [0.1, 0.15) is 6.07 Å². The predicted octanol–water partition coefficient (Wildman–Crippen LogP) is 2.76. The van der Waals surface area contributed by atoms with Crippen LogP contribution in [-0.2, 0) is 4.74 Å². The minimum Gasteiger partial charge on any atom is -0.379 e. The molecular weight excluding hydrogens is 298 g/mol. The van der Waals surface area contributed by atoms with Crippen molar-refractivity contribution in [3.63, 3.8) is 0 Å². The van der Waals surface area contributed by atoms with E-state index >= 15 is 0 Å². The number of piperidine rings is 1. The molecule has 2 aliphatic heterocycles. The third-order valence-electron chi connectivity index (χ3n) is 4.58. The van der Waals surface area contributed by atoms with Gasteiger partial charge in [-0.3, -0.25) is 4.90 Å². The third kappa shape index (κ3) is 3.73. The number of halogens is 1. The molecule has 0 aliphatic carbocycles. The lowest BCUT2D eigenvalue weighted by Crippen LogP contribution is -2.44. The third-order valence-corrected chi connectivity index (χ3v) is 4.89. The van der Waals surface area contributed by atoms with E-state index in [1.807, 2.05) is 18.2 Å². The van der Waals surface area contributed by atoms with E-state index < -0.39 is 0 Å². The van der Waals surface area contributed by atoms with E-state index in [-0.39, 0.29) is 0 Å². The molecule has 0 N–H and O–H groups in total. The molecule has 1 atom stereocenters. The number of nitriles is 1. The summed E-state index contributed by atoms with van der Waals surface area (Å²) in [5, 5.41) is 9.53. The lowest BCUT2D eigenvalue weighted by Gasteiger charge is -2.38. The lowest BCUT2D eigenvalue weighted by molar-refractivity contribution is 0.0296. The van der Waals surface area contributed by atoms with E-state index in [9.17, 15) is 0 Å². The minimum atomic E-state index is 0.548. The number of ether oxygens (including phenoxy) is 1. The highest BCUT2D eigenvalue weighted by molar-refractivity contribution is 6.32. The molecule has 2 aliphatic rings. The summed E-state index contributed by atoms with van der Waals surface area (Å²) in [6, 6.07) is 7.89. The molecule has 0 amide bonds. The maximum Gasteiger partial charge on any atom is 0.101 e. The largest absolute Gasteiger partial charge is 0.379 e. The molecule has 4 nitrogen and oxygen atoms in total. The van der Waals surface area contributed by atoms with Gasteiger partial charge >= 0.3 is 0 Å². The van der Waals surface area contributed by atoms with Crippen molar-refractivity contribution in [2.24, 2.45) is 5.92 Å². The Balaban J connectivity index is 1.62. The van der Waals surface area contributed by atoms with Crippen molar-refractivity contribution in [2.75, 3.05) is 50.8 Å². The SMILES string of the molecule is N#Cc1ccc(N2CCCC(CN3CCOCC3)C2)cc1Cl. The fourth-order valence-corrected chi connectivity index (χ4v) is 3.61. The van der Waals surface area contributed by atoms with Crippen LogP contribution >= 0.6 is 11.6 Å². The van der Waals surface area contributed by atoms with Crippen LogP contribution in [0.4, 0.5) is 5.69 Å². The van der Waals surface area contributed by atoms with Gasteiger partial charge in [0.15, 0.2) is 0 Å². The molecule has 1 unspecified atom stereocenters. The first kappa shape index (κ1) is 15.6. The van der Waals surface area contributed by atoms with Gasteiger partial charge in [-0.15, -0.1) is 0 Å². The highest BCUT2D eigenvalue weighted by Gasteiger charge is 2.23. The summed E-state index contributed by atoms with van der Waals surface area (Å²) in [6.45, 7) is 7.13. The number of hydrogen-bond acceptors (Lipinski definition) is 4. The second-order valence-electron chi connectivity index (χ2n) is 6.14. The highest BCUT2D eigenvalue weighted by Crippen LogP contribution is 2.27. The van der Waals surface area contributed by atoms with Crippen LogP contribution in [0.25, 0.3) is 0 Å². The van der Waals surface area contributed by atoms with Crippen LogP contribution in [0.15, 0.2) is 18.2 Å². The van der Waals surface area contributed by atoms with Crippen LogP contribution in [0, 0.1) is 17.2 Å². The summed E-state index contributed by atoms with van der Waals surface area (Å²) in [5.74, 6) is 0.696. The lowest BCUT2D eigenvalue weighted by atomic mass is 9.96. The van der Waals surface area contributed by atoms with E-state index in [4.69, 9.17) is 21.6 Å². The topological polar surface area (TPSA) is 39.5 Å². The zero-order chi connectivity index (χ0) is 15.4. The van der Waals surface area contributed by atoms with Crippen LogP contribution in [0.3, 0.4) is 0 Å². The van der Waals surface area contributed by atoms with E-state index in [2.05, 4.69) is 15.9 Å². The van der Waals surface area contributed by atoms with E-state index in [1.54, 1.807) is 0 Å². The number of anilines is 1. The molecule has 1 aromatic rings. The molecule has 2 fully saturated rings. The predicted molar refractivity (Wildman–Crippen MR) is 88.4 cm³/mol. The molecule has 2 saturated heterocycles. The molecule has 3 rings (SSSR count). The second kappa shape index (κ2) is 7.32. The summed E-state index contributed by atoms with van der Waals surface area (Å²) in [5.41, 5.74) is 1.68. The van der Waals surface area contributed by atoms with Gasteiger partial charge in [0.05, 0.1) is 23.8 Å². The molecule has 0 bridgehead atoms. The van der Waals surface area contributed by atoms with E-state index in [0.717, 1.165) is 51.6 Å². The fourth-order valence-electron chi connectivity index (χ4n) is 3.39. The summed E-state index contributed by atoms with van der Waals surface area (Å²) < 4.78 is 5.42. The van der Waals surface area contributed by atoms with Crippen LogP contribution in [0.1, 0.15) is 18.4 Å². The van der Waals surface area contributed by atoms with Crippen molar-refractivity contribution < 1.29 is 4.74 Å². The Labute approximate surface area is 137 Å². The van der Waals surface area contributed by atoms with Gasteiger partial charge < -0.3 is 9.64 Å². The van der Waals surface area contributed by atoms with Gasteiger partial charge in [-0.25, -0.2) is 0 Å². The number of morpholine rings is 1. The van der Waals surface area contributed by atoms with Crippen molar-refractivity contribution in [3.05, 3.63) is 28.8 Å². The van der Waals surface area contributed by atoms with Crippen LogP contribution in [0.2, 0.25) is 5.02 Å². The molecule has 22 heavy (non-hydrogen) atoms. The second-order valence-corrected chi connectivity index (χ2v) is 6.55. The number of rotatable bonds is 3. The zero-order valence-corrected chi connectivity index (χ0v) is 13.6. The van der Waals surface area contributed by atoms with E-state index in [1.165, 1.54) is 12.8 Å². The molecular formula is C17H22ClN3O. The molecule has 1 aromatic carbocycles. The molecule has 0 aromatic heterocycles. The van der Waals surface area contributed by atoms with Gasteiger partial charge in [0.2, 0.25) is 0 Å². The van der Waals surface area contributed by atoms with Crippen LogP contribution in [-0.4, -0.2) is 50.8 Å². The van der Waals surface area contributed by atoms with Crippen molar-refractivity contribution in [3.8, 4) is 6.07 Å². The van der Waals surface area contributed by atoms with Gasteiger partial charge in [-0.05, 0) is 37.0 Å². The van der Waals surface area contributed by atoms with Gasteiger partial charge in [0.25, 0.3) is 0 Å². The first-order chi connectivity index (χ1) is 10.8. The van der Waals surface area contributed by atoms with Crippen molar-refractivity contribution in [1.29, 1.82) is 5.26 Å². The Kier molecular flexibility index (Phi) is 5.20. The zero-order valence-electron chi connectivity index (χ0n) is 12.8. The van der Waals surface area contributed by atoms with Gasteiger partial charge in [-0.2, -0.15) is 5.26 Å². The summed E-state index contributed by atoms with van der Waals surface area (Å²) >= 11 is 6.17. The average molecular weight is 320 g/mol. The first-order valence-electron chi connectivity index (χ1n) is 8.01. The molecule has 0 radical (unpaired) electrons. The van der Waals surface area contributed by atoms with Crippen molar-refractivity contribution in [1.82, 2.24) is 4.90 Å². The molecule has 0 saturated carbocycles.